The van der Waals surface area contributed by atoms with Crippen LogP contribution in [0.5, 0.6) is 0 Å². The Kier molecular flexibility index (Phi) is 2.50. The van der Waals surface area contributed by atoms with Gasteiger partial charge in [-0.25, -0.2) is 8.78 Å². The zero-order valence-corrected chi connectivity index (χ0v) is 7.84. The van der Waals surface area contributed by atoms with Gasteiger partial charge in [-0.05, 0) is 18.5 Å². The van der Waals surface area contributed by atoms with Gasteiger partial charge in [0.1, 0.15) is 0 Å². The maximum absolute atomic E-state index is 13.5. The van der Waals surface area contributed by atoms with Gasteiger partial charge in [0.25, 0.3) is 5.92 Å². The zero-order chi connectivity index (χ0) is 10.0. The maximum Gasteiger partial charge on any atom is 0.267 e. The van der Waals surface area contributed by atoms with Crippen LogP contribution in [0.1, 0.15) is 17.9 Å². The molecule has 1 fully saturated rings. The number of nitrogens with one attached hydrogen (secondary N) is 1. The number of piperidine rings is 1. The Hall–Kier alpha value is -0.960. The fraction of sp³-hybridized carbons (Fsp3) is 0.455. The third kappa shape index (κ3) is 1.77. The first kappa shape index (κ1) is 9.59. The molecule has 1 aromatic rings. The van der Waals surface area contributed by atoms with Gasteiger partial charge in [-0.15, -0.1) is 0 Å². The first-order chi connectivity index (χ1) is 6.70. The van der Waals surface area contributed by atoms with Crippen LogP contribution in [0.2, 0.25) is 0 Å². The SMILES string of the molecule is FC1(F)CNCC[C@@H]1c1ccccc1. The van der Waals surface area contributed by atoms with Crippen molar-refractivity contribution < 1.29 is 8.78 Å². The van der Waals surface area contributed by atoms with Crippen LogP contribution in [0, 0.1) is 0 Å². The fourth-order valence-corrected chi connectivity index (χ4v) is 1.93. The van der Waals surface area contributed by atoms with E-state index in [2.05, 4.69) is 5.32 Å². The molecule has 1 N–H and O–H groups in total. The summed E-state index contributed by atoms with van der Waals surface area (Å²) < 4.78 is 27.0. The quantitative estimate of drug-likeness (QED) is 0.729. The Balaban J connectivity index is 2.24. The number of hydrogen-bond acceptors (Lipinski definition) is 1. The van der Waals surface area contributed by atoms with E-state index >= 15 is 0 Å². The second-order valence-corrected chi connectivity index (χ2v) is 3.69. The Morgan fingerprint density at radius 3 is 2.57 bits per heavy atom. The van der Waals surface area contributed by atoms with E-state index in [1.165, 1.54) is 0 Å². The molecule has 0 amide bonds. The van der Waals surface area contributed by atoms with Crippen molar-refractivity contribution in [3.63, 3.8) is 0 Å². The van der Waals surface area contributed by atoms with Crippen LogP contribution in [0.25, 0.3) is 0 Å². The summed E-state index contributed by atoms with van der Waals surface area (Å²) in [5.41, 5.74) is 0.749. The van der Waals surface area contributed by atoms with Crippen LogP contribution in [-0.2, 0) is 0 Å². The van der Waals surface area contributed by atoms with Crippen molar-refractivity contribution in [2.75, 3.05) is 13.1 Å². The third-order valence-corrected chi connectivity index (χ3v) is 2.68. The van der Waals surface area contributed by atoms with E-state index < -0.39 is 11.8 Å². The predicted octanol–water partition coefficient (Wildman–Crippen LogP) is 2.40. The number of benzene rings is 1. The van der Waals surface area contributed by atoms with E-state index in [1.54, 1.807) is 12.1 Å². The molecule has 1 atom stereocenters. The molecule has 1 nitrogen and oxygen atoms in total. The summed E-state index contributed by atoms with van der Waals surface area (Å²) in [7, 11) is 0. The first-order valence-corrected chi connectivity index (χ1v) is 4.83. The van der Waals surface area contributed by atoms with Crippen molar-refractivity contribution in [1.82, 2.24) is 5.32 Å². The number of alkyl halides is 2. The van der Waals surface area contributed by atoms with Gasteiger partial charge in [-0.2, -0.15) is 0 Å². The largest absolute Gasteiger partial charge is 0.311 e. The van der Waals surface area contributed by atoms with E-state index in [1.807, 2.05) is 18.2 Å². The molecule has 1 heterocycles. The molecule has 0 aromatic heterocycles. The van der Waals surface area contributed by atoms with E-state index in [-0.39, 0.29) is 6.54 Å². The van der Waals surface area contributed by atoms with Crippen LogP contribution >= 0.6 is 0 Å². The maximum atomic E-state index is 13.5. The molecule has 3 heteroatoms. The van der Waals surface area contributed by atoms with Crippen LogP contribution in [0.15, 0.2) is 30.3 Å². The van der Waals surface area contributed by atoms with Crippen molar-refractivity contribution in [3.8, 4) is 0 Å². The van der Waals surface area contributed by atoms with Gasteiger partial charge in [-0.1, -0.05) is 30.3 Å². The average Bonchev–Trinajstić information content (AvgIpc) is 2.18. The van der Waals surface area contributed by atoms with Crippen LogP contribution < -0.4 is 5.32 Å². The van der Waals surface area contributed by atoms with E-state index in [0.717, 1.165) is 5.56 Å². The minimum Gasteiger partial charge on any atom is -0.311 e. The number of rotatable bonds is 1. The van der Waals surface area contributed by atoms with Gasteiger partial charge < -0.3 is 5.32 Å². The molecule has 0 saturated carbocycles. The minimum atomic E-state index is -2.61. The van der Waals surface area contributed by atoms with Gasteiger partial charge in [0.15, 0.2) is 0 Å². The molecule has 0 spiro atoms. The van der Waals surface area contributed by atoms with Gasteiger partial charge in [0, 0.05) is 0 Å². The monoisotopic (exact) mass is 197 g/mol. The summed E-state index contributed by atoms with van der Waals surface area (Å²) in [4.78, 5) is 0. The van der Waals surface area contributed by atoms with Crippen LogP contribution in [0.4, 0.5) is 8.78 Å². The molecular formula is C11H13F2N. The highest BCUT2D eigenvalue weighted by Crippen LogP contribution is 2.37. The summed E-state index contributed by atoms with van der Waals surface area (Å²) in [6.45, 7) is 0.474. The molecule has 1 aliphatic rings. The second kappa shape index (κ2) is 3.65. The summed E-state index contributed by atoms with van der Waals surface area (Å²) in [5, 5.41) is 2.72. The minimum absolute atomic E-state index is 0.202. The fourth-order valence-electron chi connectivity index (χ4n) is 1.93. The van der Waals surface area contributed by atoms with Gasteiger partial charge >= 0.3 is 0 Å². The lowest BCUT2D eigenvalue weighted by Gasteiger charge is -2.32. The topological polar surface area (TPSA) is 12.0 Å². The molecule has 1 aromatic carbocycles. The van der Waals surface area contributed by atoms with E-state index in [0.29, 0.717) is 13.0 Å². The van der Waals surface area contributed by atoms with Gasteiger partial charge in [-0.3, -0.25) is 0 Å². The Labute approximate surface area is 82.1 Å². The first-order valence-electron chi connectivity index (χ1n) is 4.83. The van der Waals surface area contributed by atoms with Crippen LogP contribution in [0.3, 0.4) is 0 Å². The summed E-state index contributed by atoms with van der Waals surface area (Å²) in [6.07, 6.45) is 0.511. The molecule has 76 valence electrons. The second-order valence-electron chi connectivity index (χ2n) is 3.69. The molecule has 2 rings (SSSR count). The lowest BCUT2D eigenvalue weighted by atomic mass is 9.87. The highest BCUT2D eigenvalue weighted by atomic mass is 19.3. The van der Waals surface area contributed by atoms with Crippen molar-refractivity contribution in [1.29, 1.82) is 0 Å². The lowest BCUT2D eigenvalue weighted by Crippen LogP contribution is -2.44. The molecule has 1 aliphatic heterocycles. The molecular weight excluding hydrogens is 184 g/mol. The van der Waals surface area contributed by atoms with Crippen LogP contribution in [-0.4, -0.2) is 19.0 Å². The normalized spacial score (nSPS) is 26.0. The summed E-state index contributed by atoms with van der Waals surface area (Å²) in [6, 6.07) is 9.04. The molecule has 0 bridgehead atoms. The zero-order valence-electron chi connectivity index (χ0n) is 7.84. The summed E-state index contributed by atoms with van der Waals surface area (Å²) in [5.74, 6) is -3.23. The lowest BCUT2D eigenvalue weighted by molar-refractivity contribution is -0.0420. The Morgan fingerprint density at radius 1 is 1.21 bits per heavy atom. The summed E-state index contributed by atoms with van der Waals surface area (Å²) >= 11 is 0. The number of hydrogen-bond donors (Lipinski definition) is 1. The predicted molar refractivity (Wildman–Crippen MR) is 51.6 cm³/mol. The van der Waals surface area contributed by atoms with E-state index in [9.17, 15) is 8.78 Å². The Morgan fingerprint density at radius 2 is 1.93 bits per heavy atom. The van der Waals surface area contributed by atoms with Gasteiger partial charge in [0.05, 0.1) is 12.5 Å². The van der Waals surface area contributed by atoms with Crippen molar-refractivity contribution in [2.24, 2.45) is 0 Å². The third-order valence-electron chi connectivity index (χ3n) is 2.68. The van der Waals surface area contributed by atoms with Gasteiger partial charge in [0.2, 0.25) is 0 Å². The Bertz CT molecular complexity index is 297. The van der Waals surface area contributed by atoms with Crippen molar-refractivity contribution >= 4 is 0 Å². The molecule has 0 unspecified atom stereocenters. The highest BCUT2D eigenvalue weighted by molar-refractivity contribution is 5.22. The molecule has 1 saturated heterocycles. The van der Waals surface area contributed by atoms with Crippen molar-refractivity contribution in [3.05, 3.63) is 35.9 Å². The average molecular weight is 197 g/mol. The standard InChI is InChI=1S/C11H13F2N/c12-11(13)8-14-7-6-10(11)9-4-2-1-3-5-9/h1-5,10,14H,6-8H2/t10-/m1/s1. The number of halogens is 2. The molecule has 0 aliphatic carbocycles. The molecule has 0 radical (unpaired) electrons. The van der Waals surface area contributed by atoms with E-state index in [4.69, 9.17) is 0 Å². The highest BCUT2D eigenvalue weighted by Gasteiger charge is 2.42. The smallest absolute Gasteiger partial charge is 0.267 e. The van der Waals surface area contributed by atoms with Crippen molar-refractivity contribution in [2.45, 2.75) is 18.3 Å². The molecule has 14 heavy (non-hydrogen) atoms.